The highest BCUT2D eigenvalue weighted by molar-refractivity contribution is 6.42. The van der Waals surface area contributed by atoms with E-state index >= 15 is 0 Å². The minimum Gasteiger partial charge on any atom is -0.445 e. The van der Waals surface area contributed by atoms with Crippen LogP contribution in [-0.4, -0.2) is 36.7 Å². The van der Waals surface area contributed by atoms with Gasteiger partial charge in [-0.2, -0.15) is 0 Å². The first-order valence-electron chi connectivity index (χ1n) is 11.1. The van der Waals surface area contributed by atoms with E-state index in [2.05, 4.69) is 42.3 Å². The lowest BCUT2D eigenvalue weighted by Gasteiger charge is -2.44. The highest BCUT2D eigenvalue weighted by atomic mass is 35.5. The second kappa shape index (κ2) is 7.99. The number of fused-ring (bicyclic) bond motifs is 4. The Balaban J connectivity index is 1.37. The van der Waals surface area contributed by atoms with Crippen molar-refractivity contribution in [3.8, 4) is 11.1 Å². The van der Waals surface area contributed by atoms with Gasteiger partial charge in [0.15, 0.2) is 0 Å². The second-order valence-electron chi connectivity index (χ2n) is 9.87. The summed E-state index contributed by atoms with van der Waals surface area (Å²) in [6.07, 6.45) is 2.87. The number of nitrogens with one attached hydrogen (secondary N) is 1. The second-order valence-corrected chi connectivity index (χ2v) is 10.7. The molecule has 1 N–H and O–H groups in total. The normalized spacial score (nSPS) is 28.3. The van der Waals surface area contributed by atoms with Gasteiger partial charge in [0.25, 0.3) is 0 Å². The third kappa shape index (κ3) is 4.06. The maximum atomic E-state index is 12.9. The van der Waals surface area contributed by atoms with Gasteiger partial charge in [-0.3, -0.25) is 4.90 Å². The molecule has 3 fully saturated rings. The molecule has 31 heavy (non-hydrogen) atoms. The summed E-state index contributed by atoms with van der Waals surface area (Å²) in [4.78, 5) is 15.3. The Morgan fingerprint density at radius 3 is 2.45 bits per heavy atom. The fourth-order valence-corrected chi connectivity index (χ4v) is 5.80. The SMILES string of the molecule is CC1(C)Cc2ccc(-c3ccc(Cl)c(Cl)c3)cc2C1NC(=O)O[C@H]1CN2CCC1CC2. The van der Waals surface area contributed by atoms with Gasteiger partial charge in [0.05, 0.1) is 16.1 Å². The summed E-state index contributed by atoms with van der Waals surface area (Å²) in [5.41, 5.74) is 4.40. The number of halogens is 2. The largest absolute Gasteiger partial charge is 0.445 e. The number of amides is 1. The molecule has 1 aliphatic carbocycles. The molecule has 4 nitrogen and oxygen atoms in total. The quantitative estimate of drug-likeness (QED) is 0.603. The van der Waals surface area contributed by atoms with Gasteiger partial charge in [0.1, 0.15) is 6.10 Å². The molecular formula is C25H28Cl2N2O2. The smallest absolute Gasteiger partial charge is 0.407 e. The van der Waals surface area contributed by atoms with Crippen molar-refractivity contribution in [2.24, 2.45) is 11.3 Å². The van der Waals surface area contributed by atoms with Crippen LogP contribution in [0.15, 0.2) is 36.4 Å². The summed E-state index contributed by atoms with van der Waals surface area (Å²) >= 11 is 12.3. The molecule has 0 aromatic heterocycles. The topological polar surface area (TPSA) is 41.6 Å². The zero-order valence-corrected chi connectivity index (χ0v) is 19.5. The van der Waals surface area contributed by atoms with E-state index in [4.69, 9.17) is 27.9 Å². The summed E-state index contributed by atoms with van der Waals surface area (Å²) in [6.45, 7) is 7.53. The van der Waals surface area contributed by atoms with Crippen molar-refractivity contribution in [2.75, 3.05) is 19.6 Å². The van der Waals surface area contributed by atoms with Crippen molar-refractivity contribution in [1.29, 1.82) is 0 Å². The van der Waals surface area contributed by atoms with Crippen molar-refractivity contribution in [3.05, 3.63) is 57.6 Å². The molecule has 2 bridgehead atoms. The minimum atomic E-state index is -0.301. The van der Waals surface area contributed by atoms with Crippen LogP contribution >= 0.6 is 23.2 Å². The van der Waals surface area contributed by atoms with Crippen molar-refractivity contribution < 1.29 is 9.53 Å². The molecule has 0 radical (unpaired) electrons. The van der Waals surface area contributed by atoms with Crippen molar-refractivity contribution >= 4 is 29.3 Å². The Bertz CT molecular complexity index is 1010. The minimum absolute atomic E-state index is 0.00836. The number of hydrogen-bond donors (Lipinski definition) is 1. The van der Waals surface area contributed by atoms with Crippen molar-refractivity contribution in [3.63, 3.8) is 0 Å². The number of benzene rings is 2. The fraction of sp³-hybridized carbons (Fsp3) is 0.480. The van der Waals surface area contributed by atoms with Crippen LogP contribution in [0, 0.1) is 11.3 Å². The molecule has 2 aromatic carbocycles. The molecule has 6 heteroatoms. The molecule has 2 atom stereocenters. The van der Waals surface area contributed by atoms with Crippen LogP contribution < -0.4 is 5.32 Å². The van der Waals surface area contributed by atoms with Crippen LogP contribution in [0.2, 0.25) is 10.0 Å². The molecule has 4 aliphatic rings. The Kier molecular flexibility index (Phi) is 5.44. The maximum absolute atomic E-state index is 12.9. The summed E-state index contributed by atoms with van der Waals surface area (Å²) < 4.78 is 5.92. The number of ether oxygens (including phenoxy) is 1. The van der Waals surface area contributed by atoms with Crippen LogP contribution in [0.1, 0.15) is 43.9 Å². The molecule has 1 amide bonds. The summed E-state index contributed by atoms with van der Waals surface area (Å²) in [7, 11) is 0. The van der Waals surface area contributed by atoms with E-state index in [1.807, 2.05) is 18.2 Å². The van der Waals surface area contributed by atoms with E-state index in [9.17, 15) is 4.79 Å². The van der Waals surface area contributed by atoms with Crippen LogP contribution in [0.3, 0.4) is 0 Å². The average Bonchev–Trinajstić information content (AvgIpc) is 3.00. The lowest BCUT2D eigenvalue weighted by Crippen LogP contribution is -2.53. The fourth-order valence-electron chi connectivity index (χ4n) is 5.50. The third-order valence-electron chi connectivity index (χ3n) is 7.25. The van der Waals surface area contributed by atoms with Gasteiger partial charge in [-0.15, -0.1) is 0 Å². The standard InChI is InChI=1S/C25H28Cl2N2O2/c1-25(2)13-18-4-3-16(17-5-6-20(26)21(27)12-17)11-19(18)23(25)28-24(30)31-22-14-29-9-7-15(22)8-10-29/h3-6,11-12,15,22-23H,7-10,13-14H2,1-2H3,(H,28,30)/t22-,23?/m0/s1. The van der Waals surface area contributed by atoms with E-state index in [1.165, 1.54) is 5.56 Å². The number of alkyl carbamates (subject to hydrolysis) is 1. The molecule has 2 aromatic rings. The number of piperidine rings is 3. The lowest BCUT2D eigenvalue weighted by molar-refractivity contribution is -0.0348. The summed E-state index contributed by atoms with van der Waals surface area (Å²) in [5, 5.41) is 4.29. The van der Waals surface area contributed by atoms with Crippen LogP contribution in [0.25, 0.3) is 11.1 Å². The van der Waals surface area contributed by atoms with E-state index in [0.29, 0.717) is 16.0 Å². The van der Waals surface area contributed by atoms with Crippen LogP contribution in [-0.2, 0) is 11.2 Å². The highest BCUT2D eigenvalue weighted by Crippen LogP contribution is 2.46. The molecule has 3 saturated heterocycles. The first-order chi connectivity index (χ1) is 14.8. The predicted molar refractivity (Wildman–Crippen MR) is 125 cm³/mol. The monoisotopic (exact) mass is 458 g/mol. The van der Waals surface area contributed by atoms with Gasteiger partial charge in [0.2, 0.25) is 0 Å². The zero-order chi connectivity index (χ0) is 21.8. The van der Waals surface area contributed by atoms with E-state index in [1.54, 1.807) is 0 Å². The number of carbonyl (C=O) groups excluding carboxylic acids is 1. The van der Waals surface area contributed by atoms with Gasteiger partial charge < -0.3 is 10.1 Å². The van der Waals surface area contributed by atoms with Crippen molar-refractivity contribution in [1.82, 2.24) is 10.2 Å². The number of nitrogens with zero attached hydrogens (tertiary/aromatic N) is 1. The van der Waals surface area contributed by atoms with Gasteiger partial charge >= 0.3 is 6.09 Å². The van der Waals surface area contributed by atoms with Crippen LogP contribution in [0.5, 0.6) is 0 Å². The molecule has 0 saturated carbocycles. The van der Waals surface area contributed by atoms with E-state index < -0.39 is 0 Å². The Morgan fingerprint density at radius 2 is 1.77 bits per heavy atom. The Labute approximate surface area is 193 Å². The number of rotatable bonds is 3. The highest BCUT2D eigenvalue weighted by Gasteiger charge is 2.42. The first-order valence-corrected chi connectivity index (χ1v) is 11.8. The molecule has 3 heterocycles. The van der Waals surface area contributed by atoms with Gasteiger partial charge in [-0.05, 0) is 84.1 Å². The molecule has 0 spiro atoms. The Morgan fingerprint density at radius 1 is 1.06 bits per heavy atom. The first kappa shape index (κ1) is 21.1. The van der Waals surface area contributed by atoms with Gasteiger partial charge in [0, 0.05) is 6.54 Å². The third-order valence-corrected chi connectivity index (χ3v) is 7.99. The molecule has 3 aliphatic heterocycles. The molecular weight excluding hydrogens is 431 g/mol. The number of hydrogen-bond acceptors (Lipinski definition) is 3. The predicted octanol–water partition coefficient (Wildman–Crippen LogP) is 6.10. The maximum Gasteiger partial charge on any atom is 0.407 e. The average molecular weight is 459 g/mol. The van der Waals surface area contributed by atoms with Gasteiger partial charge in [-0.1, -0.05) is 55.2 Å². The van der Waals surface area contributed by atoms with E-state index in [0.717, 1.165) is 55.6 Å². The zero-order valence-electron chi connectivity index (χ0n) is 18.0. The summed E-state index contributed by atoms with van der Waals surface area (Å²) in [5.74, 6) is 0.501. The van der Waals surface area contributed by atoms with E-state index in [-0.39, 0.29) is 23.7 Å². The van der Waals surface area contributed by atoms with Gasteiger partial charge in [-0.25, -0.2) is 4.79 Å². The lowest BCUT2D eigenvalue weighted by atomic mass is 9.85. The van der Waals surface area contributed by atoms with Crippen molar-refractivity contribution in [2.45, 2.75) is 45.3 Å². The summed E-state index contributed by atoms with van der Waals surface area (Å²) in [6, 6.07) is 12.0. The molecule has 1 unspecified atom stereocenters. The Hall–Kier alpha value is -1.75. The number of carbonyl (C=O) groups is 1. The van der Waals surface area contributed by atoms with Crippen LogP contribution in [0.4, 0.5) is 4.79 Å². The molecule has 6 rings (SSSR count). The molecule has 164 valence electrons.